The Kier molecular flexibility index (Phi) is 4.05. The molecule has 1 heterocycles. The molecule has 0 spiro atoms. The highest BCUT2D eigenvalue weighted by molar-refractivity contribution is 5.75. The SMILES string of the molecule is NCCC(=O)NCCc1ccc[nH]1. The Morgan fingerprint density at radius 1 is 1.62 bits per heavy atom. The highest BCUT2D eigenvalue weighted by Gasteiger charge is 1.98. The molecule has 0 fully saturated rings. The van der Waals surface area contributed by atoms with Crippen LogP contribution in [0.3, 0.4) is 0 Å². The van der Waals surface area contributed by atoms with Gasteiger partial charge in [0.25, 0.3) is 0 Å². The van der Waals surface area contributed by atoms with Crippen molar-refractivity contribution in [2.24, 2.45) is 5.73 Å². The molecule has 0 aliphatic rings. The van der Waals surface area contributed by atoms with Crippen LogP contribution >= 0.6 is 0 Å². The summed E-state index contributed by atoms with van der Waals surface area (Å²) in [5.41, 5.74) is 6.36. The largest absolute Gasteiger partial charge is 0.365 e. The van der Waals surface area contributed by atoms with E-state index in [1.807, 2.05) is 18.3 Å². The van der Waals surface area contributed by atoms with E-state index in [-0.39, 0.29) is 5.91 Å². The van der Waals surface area contributed by atoms with Gasteiger partial charge in [-0.05, 0) is 12.1 Å². The van der Waals surface area contributed by atoms with Crippen molar-refractivity contribution in [2.45, 2.75) is 12.8 Å². The molecule has 0 unspecified atom stereocenters. The van der Waals surface area contributed by atoms with Gasteiger partial charge in [-0.1, -0.05) is 0 Å². The standard InChI is InChI=1S/C9H15N3O/c10-5-3-9(13)12-7-4-8-2-1-6-11-8/h1-2,6,11H,3-5,7,10H2,(H,12,13). The van der Waals surface area contributed by atoms with E-state index in [9.17, 15) is 4.79 Å². The van der Waals surface area contributed by atoms with Crippen LogP contribution in [0.1, 0.15) is 12.1 Å². The molecule has 1 aromatic rings. The number of carbonyl (C=O) groups is 1. The maximum Gasteiger partial charge on any atom is 0.221 e. The number of aromatic nitrogens is 1. The van der Waals surface area contributed by atoms with Crippen molar-refractivity contribution in [3.05, 3.63) is 24.0 Å². The molecule has 0 aliphatic heterocycles. The molecule has 72 valence electrons. The number of aromatic amines is 1. The molecule has 0 atom stereocenters. The minimum Gasteiger partial charge on any atom is -0.365 e. The van der Waals surface area contributed by atoms with E-state index in [0.29, 0.717) is 19.5 Å². The van der Waals surface area contributed by atoms with E-state index in [1.165, 1.54) is 0 Å². The normalized spacial score (nSPS) is 9.92. The molecular weight excluding hydrogens is 166 g/mol. The molecule has 0 radical (unpaired) electrons. The summed E-state index contributed by atoms with van der Waals surface area (Å²) >= 11 is 0. The van der Waals surface area contributed by atoms with Crippen LogP contribution in [-0.4, -0.2) is 24.0 Å². The predicted molar refractivity (Wildman–Crippen MR) is 51.2 cm³/mol. The van der Waals surface area contributed by atoms with Gasteiger partial charge in [-0.25, -0.2) is 0 Å². The van der Waals surface area contributed by atoms with Gasteiger partial charge in [0, 0.05) is 37.8 Å². The second kappa shape index (κ2) is 5.37. The fraction of sp³-hybridized carbons (Fsp3) is 0.444. The van der Waals surface area contributed by atoms with Gasteiger partial charge in [-0.2, -0.15) is 0 Å². The molecule has 4 nitrogen and oxygen atoms in total. The van der Waals surface area contributed by atoms with Gasteiger partial charge in [0.05, 0.1) is 0 Å². The van der Waals surface area contributed by atoms with Gasteiger partial charge in [0.15, 0.2) is 0 Å². The number of H-pyrrole nitrogens is 1. The third kappa shape index (κ3) is 3.75. The minimum atomic E-state index is 0.0223. The molecule has 0 bridgehead atoms. The van der Waals surface area contributed by atoms with Crippen LogP contribution in [-0.2, 0) is 11.2 Å². The van der Waals surface area contributed by atoms with E-state index in [0.717, 1.165) is 12.1 Å². The van der Waals surface area contributed by atoms with Crippen molar-refractivity contribution in [3.8, 4) is 0 Å². The van der Waals surface area contributed by atoms with Crippen LogP contribution in [0.5, 0.6) is 0 Å². The van der Waals surface area contributed by atoms with Crippen LogP contribution in [0.4, 0.5) is 0 Å². The Labute approximate surface area is 77.5 Å². The first kappa shape index (κ1) is 9.80. The zero-order valence-electron chi connectivity index (χ0n) is 7.55. The summed E-state index contributed by atoms with van der Waals surface area (Å²) in [5.74, 6) is 0.0223. The predicted octanol–water partition coefficient (Wildman–Crippen LogP) is 0.0222. The first-order valence-corrected chi connectivity index (χ1v) is 4.42. The van der Waals surface area contributed by atoms with Gasteiger partial charge in [0.2, 0.25) is 5.91 Å². The number of nitrogens with two attached hydrogens (primary N) is 1. The zero-order chi connectivity index (χ0) is 9.52. The second-order valence-electron chi connectivity index (χ2n) is 2.83. The monoisotopic (exact) mass is 181 g/mol. The van der Waals surface area contributed by atoms with Crippen LogP contribution in [0, 0.1) is 0 Å². The number of carbonyl (C=O) groups excluding carboxylic acids is 1. The summed E-state index contributed by atoms with van der Waals surface area (Å²) in [6, 6.07) is 3.94. The Morgan fingerprint density at radius 2 is 2.46 bits per heavy atom. The summed E-state index contributed by atoms with van der Waals surface area (Å²) < 4.78 is 0. The Hall–Kier alpha value is -1.29. The second-order valence-corrected chi connectivity index (χ2v) is 2.83. The lowest BCUT2D eigenvalue weighted by Gasteiger charge is -2.02. The number of nitrogens with one attached hydrogen (secondary N) is 2. The smallest absolute Gasteiger partial charge is 0.221 e. The minimum absolute atomic E-state index is 0.0223. The molecule has 4 N–H and O–H groups in total. The lowest BCUT2D eigenvalue weighted by molar-refractivity contribution is -0.120. The number of hydrogen-bond acceptors (Lipinski definition) is 2. The van der Waals surface area contributed by atoms with Gasteiger partial charge in [0.1, 0.15) is 0 Å². The quantitative estimate of drug-likeness (QED) is 0.599. The Morgan fingerprint density at radius 3 is 3.08 bits per heavy atom. The van der Waals surface area contributed by atoms with E-state index in [2.05, 4.69) is 10.3 Å². The van der Waals surface area contributed by atoms with E-state index in [4.69, 9.17) is 5.73 Å². The first-order valence-electron chi connectivity index (χ1n) is 4.42. The summed E-state index contributed by atoms with van der Waals surface area (Å²) in [6.07, 6.45) is 3.12. The highest BCUT2D eigenvalue weighted by Crippen LogP contribution is 1.93. The van der Waals surface area contributed by atoms with Crippen molar-refractivity contribution >= 4 is 5.91 Å². The van der Waals surface area contributed by atoms with Crippen LogP contribution in [0.15, 0.2) is 18.3 Å². The molecule has 0 saturated heterocycles. The fourth-order valence-corrected chi connectivity index (χ4v) is 1.08. The number of hydrogen-bond donors (Lipinski definition) is 3. The van der Waals surface area contributed by atoms with E-state index in [1.54, 1.807) is 0 Å². The molecule has 1 aromatic heterocycles. The van der Waals surface area contributed by atoms with Crippen molar-refractivity contribution in [2.75, 3.05) is 13.1 Å². The van der Waals surface area contributed by atoms with Crippen molar-refractivity contribution in [1.82, 2.24) is 10.3 Å². The van der Waals surface area contributed by atoms with Gasteiger partial charge >= 0.3 is 0 Å². The summed E-state index contributed by atoms with van der Waals surface area (Å²) in [6.45, 7) is 1.08. The lowest BCUT2D eigenvalue weighted by atomic mass is 10.3. The van der Waals surface area contributed by atoms with Gasteiger partial charge in [-0.3, -0.25) is 4.79 Å². The summed E-state index contributed by atoms with van der Waals surface area (Å²) in [7, 11) is 0. The summed E-state index contributed by atoms with van der Waals surface area (Å²) in [5, 5.41) is 2.78. The Balaban J connectivity index is 2.11. The molecule has 0 aliphatic carbocycles. The van der Waals surface area contributed by atoms with Crippen molar-refractivity contribution < 1.29 is 4.79 Å². The molecule has 1 amide bonds. The molecule has 1 rings (SSSR count). The van der Waals surface area contributed by atoms with Crippen molar-refractivity contribution in [1.29, 1.82) is 0 Å². The fourth-order valence-electron chi connectivity index (χ4n) is 1.08. The third-order valence-electron chi connectivity index (χ3n) is 1.75. The molecule has 0 saturated carbocycles. The molecule has 4 heteroatoms. The zero-order valence-corrected chi connectivity index (χ0v) is 7.55. The first-order chi connectivity index (χ1) is 6.33. The van der Waals surface area contributed by atoms with Crippen LogP contribution in [0.25, 0.3) is 0 Å². The average molecular weight is 181 g/mol. The van der Waals surface area contributed by atoms with E-state index < -0.39 is 0 Å². The highest BCUT2D eigenvalue weighted by atomic mass is 16.1. The molecular formula is C9H15N3O. The van der Waals surface area contributed by atoms with Gasteiger partial charge in [-0.15, -0.1) is 0 Å². The maximum absolute atomic E-state index is 11.0. The van der Waals surface area contributed by atoms with E-state index >= 15 is 0 Å². The lowest BCUT2D eigenvalue weighted by Crippen LogP contribution is -2.27. The van der Waals surface area contributed by atoms with Crippen molar-refractivity contribution in [3.63, 3.8) is 0 Å². The number of rotatable bonds is 5. The average Bonchev–Trinajstić information content (AvgIpc) is 2.57. The molecule has 0 aromatic carbocycles. The van der Waals surface area contributed by atoms with Crippen LogP contribution < -0.4 is 11.1 Å². The Bertz CT molecular complexity index is 243. The summed E-state index contributed by atoms with van der Waals surface area (Å²) in [4.78, 5) is 14.0. The van der Waals surface area contributed by atoms with Crippen LogP contribution in [0.2, 0.25) is 0 Å². The topological polar surface area (TPSA) is 70.9 Å². The third-order valence-corrected chi connectivity index (χ3v) is 1.75. The number of amides is 1. The maximum atomic E-state index is 11.0. The van der Waals surface area contributed by atoms with Gasteiger partial charge < -0.3 is 16.0 Å². The molecule has 13 heavy (non-hydrogen) atoms.